The van der Waals surface area contributed by atoms with Gasteiger partial charge in [0.2, 0.25) is 10.0 Å². The Hall–Kier alpha value is -1.14. The van der Waals surface area contributed by atoms with Gasteiger partial charge in [-0.15, -0.1) is 0 Å². The molecule has 2 saturated carbocycles. The standard InChI is InChI=1S/C14H19FN2O2S/c1-9-6-12(15)13(16)7-14(9)20(18,19)17(11-4-5-11)8-10-2-3-10/h6-7,10-11H,2-5,8,16H2,1H3. The maximum atomic E-state index is 13.4. The Balaban J connectivity index is 1.98. The molecule has 1 aromatic rings. The summed E-state index contributed by atoms with van der Waals surface area (Å²) in [6.45, 7) is 2.20. The molecule has 3 rings (SSSR count). The number of hydrogen-bond donors (Lipinski definition) is 1. The lowest BCUT2D eigenvalue weighted by atomic mass is 10.2. The fourth-order valence-electron chi connectivity index (χ4n) is 2.43. The largest absolute Gasteiger partial charge is 0.396 e. The van der Waals surface area contributed by atoms with Crippen molar-refractivity contribution in [1.29, 1.82) is 0 Å². The van der Waals surface area contributed by atoms with E-state index in [1.54, 1.807) is 11.2 Å². The number of nitrogens with two attached hydrogens (primary N) is 1. The number of nitrogens with zero attached hydrogens (tertiary/aromatic N) is 1. The maximum Gasteiger partial charge on any atom is 0.243 e. The predicted octanol–water partition coefficient (Wildman–Crippen LogP) is 2.28. The van der Waals surface area contributed by atoms with Crippen molar-refractivity contribution >= 4 is 15.7 Å². The molecule has 0 aliphatic heterocycles. The summed E-state index contributed by atoms with van der Waals surface area (Å²) in [5.74, 6) is -0.0786. The van der Waals surface area contributed by atoms with E-state index in [0.29, 0.717) is 18.0 Å². The molecule has 0 radical (unpaired) electrons. The molecule has 6 heteroatoms. The average molecular weight is 298 g/mol. The topological polar surface area (TPSA) is 63.4 Å². The van der Waals surface area contributed by atoms with Crippen LogP contribution in [-0.2, 0) is 10.0 Å². The minimum Gasteiger partial charge on any atom is -0.396 e. The second-order valence-corrected chi connectivity index (χ2v) is 7.75. The summed E-state index contributed by atoms with van der Waals surface area (Å²) >= 11 is 0. The molecule has 2 aliphatic carbocycles. The van der Waals surface area contributed by atoms with Crippen LogP contribution < -0.4 is 5.73 Å². The molecular formula is C14H19FN2O2S. The Kier molecular flexibility index (Phi) is 3.25. The zero-order valence-electron chi connectivity index (χ0n) is 11.5. The molecule has 110 valence electrons. The van der Waals surface area contributed by atoms with E-state index >= 15 is 0 Å². The van der Waals surface area contributed by atoms with Gasteiger partial charge < -0.3 is 5.73 Å². The minimum atomic E-state index is -3.58. The normalized spacial score (nSPS) is 19.6. The Morgan fingerprint density at radius 2 is 1.95 bits per heavy atom. The second-order valence-electron chi connectivity index (χ2n) is 5.89. The van der Waals surface area contributed by atoms with E-state index in [9.17, 15) is 12.8 Å². The van der Waals surface area contributed by atoms with Crippen LogP contribution in [-0.4, -0.2) is 25.3 Å². The van der Waals surface area contributed by atoms with Crippen LogP contribution in [0, 0.1) is 18.7 Å². The van der Waals surface area contributed by atoms with E-state index in [-0.39, 0.29) is 16.6 Å². The lowest BCUT2D eigenvalue weighted by Gasteiger charge is -2.23. The first-order valence-corrected chi connectivity index (χ1v) is 8.41. The lowest BCUT2D eigenvalue weighted by Crippen LogP contribution is -2.35. The molecule has 2 N–H and O–H groups in total. The zero-order chi connectivity index (χ0) is 14.5. The summed E-state index contributed by atoms with van der Waals surface area (Å²) in [5.41, 5.74) is 5.83. The van der Waals surface area contributed by atoms with E-state index in [2.05, 4.69) is 0 Å². The zero-order valence-corrected chi connectivity index (χ0v) is 12.3. The van der Waals surface area contributed by atoms with Crippen LogP contribution in [0.1, 0.15) is 31.2 Å². The molecule has 2 aliphatic rings. The number of aryl methyl sites for hydroxylation is 1. The Labute approximate surface area is 118 Å². The van der Waals surface area contributed by atoms with Gasteiger partial charge >= 0.3 is 0 Å². The van der Waals surface area contributed by atoms with Gasteiger partial charge in [0.15, 0.2) is 0 Å². The van der Waals surface area contributed by atoms with Gasteiger partial charge in [0.05, 0.1) is 10.6 Å². The number of nitrogen functional groups attached to an aromatic ring is 1. The highest BCUT2D eigenvalue weighted by atomic mass is 32.2. The smallest absolute Gasteiger partial charge is 0.243 e. The van der Waals surface area contributed by atoms with Gasteiger partial charge in [-0.1, -0.05) is 0 Å². The monoisotopic (exact) mass is 298 g/mol. The summed E-state index contributed by atoms with van der Waals surface area (Å²) in [4.78, 5) is 0.143. The number of hydrogen-bond acceptors (Lipinski definition) is 3. The lowest BCUT2D eigenvalue weighted by molar-refractivity contribution is 0.388. The molecule has 0 heterocycles. The fraction of sp³-hybridized carbons (Fsp3) is 0.571. The quantitative estimate of drug-likeness (QED) is 0.848. The van der Waals surface area contributed by atoms with Crippen LogP contribution in [0.4, 0.5) is 10.1 Å². The molecule has 2 fully saturated rings. The molecule has 4 nitrogen and oxygen atoms in total. The first kappa shape index (κ1) is 13.8. The third kappa shape index (κ3) is 2.54. The van der Waals surface area contributed by atoms with Gasteiger partial charge in [0.25, 0.3) is 0 Å². The number of sulfonamides is 1. The van der Waals surface area contributed by atoms with Crippen LogP contribution in [0.5, 0.6) is 0 Å². The SMILES string of the molecule is Cc1cc(F)c(N)cc1S(=O)(=O)N(CC1CC1)C1CC1. The van der Waals surface area contributed by atoms with Gasteiger partial charge in [-0.25, -0.2) is 12.8 Å². The van der Waals surface area contributed by atoms with E-state index in [1.165, 1.54) is 12.1 Å². The number of anilines is 1. The second kappa shape index (κ2) is 4.70. The summed E-state index contributed by atoms with van der Waals surface area (Å²) in [5, 5.41) is 0. The molecule has 0 unspecified atom stereocenters. The van der Waals surface area contributed by atoms with E-state index < -0.39 is 15.8 Å². The van der Waals surface area contributed by atoms with E-state index in [4.69, 9.17) is 5.73 Å². The van der Waals surface area contributed by atoms with Crippen molar-refractivity contribution in [3.63, 3.8) is 0 Å². The van der Waals surface area contributed by atoms with Gasteiger partial charge in [-0.3, -0.25) is 0 Å². The Bertz CT molecular complexity index is 637. The first-order chi connectivity index (χ1) is 9.39. The fourth-order valence-corrected chi connectivity index (χ4v) is 4.44. The van der Waals surface area contributed by atoms with Crippen LogP contribution >= 0.6 is 0 Å². The highest BCUT2D eigenvalue weighted by molar-refractivity contribution is 7.89. The molecule has 0 atom stereocenters. The maximum absolute atomic E-state index is 13.4. The first-order valence-electron chi connectivity index (χ1n) is 6.97. The molecule has 0 aromatic heterocycles. The number of halogens is 1. The van der Waals surface area contributed by atoms with Gasteiger partial charge in [-0.2, -0.15) is 4.31 Å². The number of benzene rings is 1. The third-order valence-electron chi connectivity index (χ3n) is 3.97. The van der Waals surface area contributed by atoms with Crippen LogP contribution in [0.15, 0.2) is 17.0 Å². The van der Waals surface area contributed by atoms with E-state index in [1.807, 2.05) is 0 Å². The Morgan fingerprint density at radius 1 is 1.30 bits per heavy atom. The minimum absolute atomic E-state index is 0.114. The van der Waals surface area contributed by atoms with Crippen molar-refractivity contribution < 1.29 is 12.8 Å². The molecule has 0 saturated heterocycles. The third-order valence-corrected chi connectivity index (χ3v) is 6.03. The summed E-state index contributed by atoms with van der Waals surface area (Å²) < 4.78 is 40.6. The van der Waals surface area contributed by atoms with Crippen molar-refractivity contribution in [1.82, 2.24) is 4.31 Å². The molecule has 20 heavy (non-hydrogen) atoms. The summed E-state index contributed by atoms with van der Waals surface area (Å²) in [6.07, 6.45) is 4.04. The highest BCUT2D eigenvalue weighted by Crippen LogP contribution is 2.38. The van der Waals surface area contributed by atoms with Gasteiger partial charge in [-0.05, 0) is 56.2 Å². The van der Waals surface area contributed by atoms with Crippen LogP contribution in [0.25, 0.3) is 0 Å². The van der Waals surface area contributed by atoms with Crippen molar-refractivity contribution in [3.05, 3.63) is 23.5 Å². The van der Waals surface area contributed by atoms with Crippen molar-refractivity contribution in [2.75, 3.05) is 12.3 Å². The van der Waals surface area contributed by atoms with Crippen molar-refractivity contribution in [3.8, 4) is 0 Å². The van der Waals surface area contributed by atoms with Crippen molar-refractivity contribution in [2.45, 2.75) is 43.5 Å². The average Bonchev–Trinajstić information content (AvgIpc) is 3.24. The van der Waals surface area contributed by atoms with Gasteiger partial charge in [0, 0.05) is 12.6 Å². The molecule has 0 amide bonds. The molecular weight excluding hydrogens is 279 g/mol. The predicted molar refractivity (Wildman–Crippen MR) is 75.2 cm³/mol. The Morgan fingerprint density at radius 3 is 2.50 bits per heavy atom. The van der Waals surface area contributed by atoms with E-state index in [0.717, 1.165) is 25.7 Å². The van der Waals surface area contributed by atoms with Crippen LogP contribution in [0.2, 0.25) is 0 Å². The summed E-state index contributed by atoms with van der Waals surface area (Å²) in [6, 6.07) is 2.57. The number of rotatable bonds is 5. The molecule has 0 spiro atoms. The molecule has 0 bridgehead atoms. The summed E-state index contributed by atoms with van der Waals surface area (Å²) in [7, 11) is -3.58. The highest BCUT2D eigenvalue weighted by Gasteiger charge is 2.41. The molecule has 1 aromatic carbocycles. The van der Waals surface area contributed by atoms with Crippen molar-refractivity contribution in [2.24, 2.45) is 5.92 Å². The van der Waals surface area contributed by atoms with Crippen LogP contribution in [0.3, 0.4) is 0 Å². The van der Waals surface area contributed by atoms with Gasteiger partial charge in [0.1, 0.15) is 5.82 Å².